The number of hydrogen-bond acceptors (Lipinski definition) is 5. The summed E-state index contributed by atoms with van der Waals surface area (Å²) in [5, 5.41) is 0.441. The molecule has 7 heteroatoms. The minimum atomic E-state index is -0.628. The Morgan fingerprint density at radius 3 is 2.88 bits per heavy atom. The molecule has 0 N–H and O–H groups in total. The molecule has 1 aromatic carbocycles. The number of para-hydroxylation sites is 1. The lowest BCUT2D eigenvalue weighted by molar-refractivity contribution is -0.154. The first-order valence-electron chi connectivity index (χ1n) is 8.45. The molecule has 0 spiro atoms. The minimum Gasteiger partial charge on any atom is -0.454 e. The largest absolute Gasteiger partial charge is 0.454 e. The Kier molecular flexibility index (Phi) is 5.11. The molecule has 0 radical (unpaired) electrons. The van der Waals surface area contributed by atoms with Gasteiger partial charge in [-0.15, -0.1) is 0 Å². The average molecular weight is 343 g/mol. The molecule has 1 fully saturated rings. The summed E-state index contributed by atoms with van der Waals surface area (Å²) in [6.45, 7) is 2.14. The van der Waals surface area contributed by atoms with Gasteiger partial charge in [0.15, 0.2) is 6.61 Å². The number of benzene rings is 1. The first kappa shape index (κ1) is 17.1. The number of ether oxygens (including phenoxy) is 1. The van der Waals surface area contributed by atoms with Gasteiger partial charge < -0.3 is 9.64 Å². The predicted molar refractivity (Wildman–Crippen MR) is 92.0 cm³/mol. The van der Waals surface area contributed by atoms with Crippen LogP contribution in [0.3, 0.4) is 0 Å². The van der Waals surface area contributed by atoms with Gasteiger partial charge in [-0.25, -0.2) is 4.98 Å². The van der Waals surface area contributed by atoms with E-state index in [2.05, 4.69) is 4.98 Å². The molecule has 0 unspecified atom stereocenters. The topological polar surface area (TPSA) is 81.5 Å². The number of carbonyl (C=O) groups is 2. The number of rotatable bonds is 4. The van der Waals surface area contributed by atoms with E-state index in [1.54, 1.807) is 29.2 Å². The zero-order chi connectivity index (χ0) is 17.8. The lowest BCUT2D eigenvalue weighted by atomic mass is 10.0. The Morgan fingerprint density at radius 2 is 2.08 bits per heavy atom. The summed E-state index contributed by atoms with van der Waals surface area (Å²) in [5.74, 6) is -0.818. The zero-order valence-corrected chi connectivity index (χ0v) is 14.2. The minimum absolute atomic E-state index is 0.173. The molecular weight excluding hydrogens is 322 g/mol. The Labute approximate surface area is 145 Å². The van der Waals surface area contributed by atoms with Crippen LogP contribution >= 0.6 is 0 Å². The third-order valence-electron chi connectivity index (χ3n) is 4.51. The van der Waals surface area contributed by atoms with Gasteiger partial charge in [-0.05, 0) is 38.3 Å². The van der Waals surface area contributed by atoms with Crippen molar-refractivity contribution in [3.8, 4) is 0 Å². The lowest BCUT2D eigenvalue weighted by Gasteiger charge is -2.33. The van der Waals surface area contributed by atoms with Crippen molar-refractivity contribution < 1.29 is 14.3 Å². The Bertz CT molecular complexity index is 846. The lowest BCUT2D eigenvalue weighted by Crippen LogP contribution is -2.44. The zero-order valence-electron chi connectivity index (χ0n) is 14.2. The highest BCUT2D eigenvalue weighted by atomic mass is 16.5. The fraction of sp³-hybridized carbons (Fsp3) is 0.444. The third kappa shape index (κ3) is 3.87. The van der Waals surface area contributed by atoms with Gasteiger partial charge in [0.1, 0.15) is 6.54 Å². The number of esters is 1. The number of amides is 1. The molecule has 7 nitrogen and oxygen atoms in total. The van der Waals surface area contributed by atoms with Gasteiger partial charge in [0.25, 0.3) is 11.5 Å². The van der Waals surface area contributed by atoms with Crippen molar-refractivity contribution in [2.24, 2.45) is 0 Å². The number of aromatic nitrogens is 2. The average Bonchev–Trinajstić information content (AvgIpc) is 2.63. The number of hydrogen-bond donors (Lipinski definition) is 0. The molecule has 1 saturated heterocycles. The maximum atomic E-state index is 12.3. The third-order valence-corrected chi connectivity index (χ3v) is 4.51. The van der Waals surface area contributed by atoms with Gasteiger partial charge in [-0.3, -0.25) is 19.0 Å². The van der Waals surface area contributed by atoms with Crippen molar-refractivity contribution in [1.29, 1.82) is 0 Å². The number of likely N-dealkylation sites (tertiary alicyclic amines) is 1. The number of carbonyl (C=O) groups excluding carboxylic acids is 2. The molecule has 2 aromatic rings. The summed E-state index contributed by atoms with van der Waals surface area (Å²) in [6, 6.07) is 7.10. The monoisotopic (exact) mass is 343 g/mol. The molecular formula is C18H21N3O4. The summed E-state index contributed by atoms with van der Waals surface area (Å²) < 4.78 is 6.25. The molecule has 0 saturated carbocycles. The smallest absolute Gasteiger partial charge is 0.326 e. The number of nitrogens with zero attached hydrogens (tertiary/aromatic N) is 3. The molecule has 3 rings (SSSR count). The van der Waals surface area contributed by atoms with Gasteiger partial charge in [0.05, 0.1) is 17.2 Å². The van der Waals surface area contributed by atoms with Crippen LogP contribution in [0, 0.1) is 0 Å². The molecule has 1 atom stereocenters. The normalized spacial score (nSPS) is 17.5. The van der Waals surface area contributed by atoms with Crippen molar-refractivity contribution in [3.63, 3.8) is 0 Å². The van der Waals surface area contributed by atoms with Crippen molar-refractivity contribution in [3.05, 3.63) is 40.9 Å². The quantitative estimate of drug-likeness (QED) is 0.783. The highest BCUT2D eigenvalue weighted by Crippen LogP contribution is 2.16. The number of fused-ring (bicyclic) bond motifs is 1. The first-order chi connectivity index (χ1) is 12.1. The first-order valence-corrected chi connectivity index (χ1v) is 8.45. The van der Waals surface area contributed by atoms with Crippen LogP contribution in [0.25, 0.3) is 10.9 Å². The van der Waals surface area contributed by atoms with Crippen LogP contribution in [0.15, 0.2) is 35.4 Å². The van der Waals surface area contributed by atoms with Crippen molar-refractivity contribution in [2.45, 2.75) is 38.8 Å². The van der Waals surface area contributed by atoms with E-state index in [-0.39, 0.29) is 30.7 Å². The highest BCUT2D eigenvalue weighted by Gasteiger charge is 2.24. The molecule has 1 aromatic heterocycles. The predicted octanol–water partition coefficient (Wildman–Crippen LogP) is 1.34. The molecule has 1 aliphatic rings. The maximum Gasteiger partial charge on any atom is 0.326 e. The van der Waals surface area contributed by atoms with E-state index in [0.29, 0.717) is 17.4 Å². The summed E-state index contributed by atoms with van der Waals surface area (Å²) in [4.78, 5) is 42.4. The maximum absolute atomic E-state index is 12.3. The molecule has 0 bridgehead atoms. The van der Waals surface area contributed by atoms with E-state index >= 15 is 0 Å². The standard InChI is InChI=1S/C18H21N3O4/c1-13-6-4-5-9-21(13)16(22)11-25-17(23)10-20-12-19-15-8-3-2-7-14(15)18(20)24/h2-3,7-8,12-13H,4-6,9-11H2,1H3/t13-/m1/s1. The molecule has 1 amide bonds. The van der Waals surface area contributed by atoms with E-state index in [1.165, 1.54) is 10.9 Å². The molecule has 2 heterocycles. The summed E-state index contributed by atoms with van der Waals surface area (Å²) in [5.41, 5.74) is 0.268. The van der Waals surface area contributed by atoms with Gasteiger partial charge in [-0.2, -0.15) is 0 Å². The molecule has 25 heavy (non-hydrogen) atoms. The number of piperidine rings is 1. The van der Waals surface area contributed by atoms with Crippen LogP contribution in [0.5, 0.6) is 0 Å². The van der Waals surface area contributed by atoms with Crippen LogP contribution in [0.1, 0.15) is 26.2 Å². The molecule has 0 aliphatic carbocycles. The van der Waals surface area contributed by atoms with E-state index in [0.717, 1.165) is 19.3 Å². The second kappa shape index (κ2) is 7.46. The van der Waals surface area contributed by atoms with Crippen LogP contribution in [-0.4, -0.2) is 45.5 Å². The van der Waals surface area contributed by atoms with Gasteiger partial charge >= 0.3 is 5.97 Å². The van der Waals surface area contributed by atoms with Crippen molar-refractivity contribution in [1.82, 2.24) is 14.5 Å². The SMILES string of the molecule is C[C@@H]1CCCCN1C(=O)COC(=O)Cn1cnc2ccccc2c1=O. The van der Waals surface area contributed by atoms with E-state index in [1.807, 2.05) is 6.92 Å². The second-order valence-electron chi connectivity index (χ2n) is 6.29. The van der Waals surface area contributed by atoms with Gasteiger partial charge in [0, 0.05) is 12.6 Å². The summed E-state index contributed by atoms with van der Waals surface area (Å²) in [6.07, 6.45) is 4.38. The fourth-order valence-electron chi connectivity index (χ4n) is 3.10. The molecule has 132 valence electrons. The second-order valence-corrected chi connectivity index (χ2v) is 6.29. The van der Waals surface area contributed by atoms with E-state index in [4.69, 9.17) is 4.74 Å². The van der Waals surface area contributed by atoms with Crippen LogP contribution in [-0.2, 0) is 20.9 Å². The van der Waals surface area contributed by atoms with Gasteiger partial charge in [-0.1, -0.05) is 12.1 Å². The van der Waals surface area contributed by atoms with E-state index < -0.39 is 5.97 Å². The fourth-order valence-corrected chi connectivity index (χ4v) is 3.10. The van der Waals surface area contributed by atoms with Crippen LogP contribution in [0.4, 0.5) is 0 Å². The van der Waals surface area contributed by atoms with Crippen molar-refractivity contribution >= 4 is 22.8 Å². The Hall–Kier alpha value is -2.70. The van der Waals surface area contributed by atoms with Crippen LogP contribution < -0.4 is 5.56 Å². The summed E-state index contributed by atoms with van der Waals surface area (Å²) in [7, 11) is 0. The van der Waals surface area contributed by atoms with E-state index in [9.17, 15) is 14.4 Å². The van der Waals surface area contributed by atoms with Crippen molar-refractivity contribution in [2.75, 3.05) is 13.2 Å². The molecule has 1 aliphatic heterocycles. The van der Waals surface area contributed by atoms with Gasteiger partial charge in [0.2, 0.25) is 0 Å². The Morgan fingerprint density at radius 1 is 1.28 bits per heavy atom. The highest BCUT2D eigenvalue weighted by molar-refractivity contribution is 5.81. The Balaban J connectivity index is 1.60. The summed E-state index contributed by atoms with van der Waals surface area (Å²) >= 11 is 0. The van der Waals surface area contributed by atoms with Crippen LogP contribution in [0.2, 0.25) is 0 Å².